The molecule has 2 fully saturated rings. The lowest BCUT2D eigenvalue weighted by Crippen LogP contribution is -2.50. The second-order valence-electron chi connectivity index (χ2n) is 8.90. The maximum absolute atomic E-state index is 13.1. The summed E-state index contributed by atoms with van der Waals surface area (Å²) in [6, 6.07) is 4.91. The molecule has 12 heteroatoms. The molecule has 4 N–H and O–H groups in total. The molecule has 3 rings (SSSR count). The molecular formula is C22H34BrN5O5S. The van der Waals surface area contributed by atoms with Crippen LogP contribution in [0.3, 0.4) is 0 Å². The smallest absolute Gasteiger partial charge is 0.243 e. The van der Waals surface area contributed by atoms with Crippen LogP contribution in [0.25, 0.3) is 0 Å². The van der Waals surface area contributed by atoms with E-state index in [2.05, 4.69) is 31.5 Å². The number of sulfonamides is 1. The summed E-state index contributed by atoms with van der Waals surface area (Å²) in [6.07, 6.45) is 1.46. The molecule has 1 aromatic rings. The average Bonchev–Trinajstić information content (AvgIpc) is 3.28. The van der Waals surface area contributed by atoms with Crippen molar-refractivity contribution >= 4 is 37.8 Å². The Kier molecular flexibility index (Phi) is 9.72. The first kappa shape index (κ1) is 26.9. The van der Waals surface area contributed by atoms with E-state index in [0.717, 1.165) is 19.5 Å². The van der Waals surface area contributed by atoms with Gasteiger partial charge in [0.05, 0.1) is 9.37 Å². The Hall–Kier alpha value is -1.73. The average molecular weight is 561 g/mol. The van der Waals surface area contributed by atoms with Gasteiger partial charge in [0.15, 0.2) is 0 Å². The second kappa shape index (κ2) is 12.3. The van der Waals surface area contributed by atoms with Crippen LogP contribution in [0, 0.1) is 5.92 Å². The molecule has 2 aliphatic heterocycles. The number of halogens is 1. The standard InChI is InChI=1S/C22H34BrN5O5S/c1-16(12-21(24)29)13-22(30)26-6-7-27-8-10-28(11-9-27)34(31,32)18-2-3-20(19(23)14-18)33-17-4-5-25-15-17/h2-3,14,16-17,25H,4-13,15H2,1H3,(H2,24,29)(H,26,30)/t16-,17-/m0/s1. The van der Waals surface area contributed by atoms with Gasteiger partial charge in [-0.05, 0) is 53.0 Å². The first-order chi connectivity index (χ1) is 16.1. The molecule has 0 spiro atoms. The lowest BCUT2D eigenvalue weighted by atomic mass is 10.0. The van der Waals surface area contributed by atoms with Crippen molar-refractivity contribution in [1.82, 2.24) is 19.8 Å². The Morgan fingerprint density at radius 1 is 1.26 bits per heavy atom. The lowest BCUT2D eigenvalue weighted by Gasteiger charge is -2.34. The van der Waals surface area contributed by atoms with Gasteiger partial charge >= 0.3 is 0 Å². The molecule has 0 aliphatic carbocycles. The van der Waals surface area contributed by atoms with Gasteiger partial charge in [-0.1, -0.05) is 6.92 Å². The van der Waals surface area contributed by atoms with E-state index in [1.807, 2.05) is 6.92 Å². The molecule has 34 heavy (non-hydrogen) atoms. The van der Waals surface area contributed by atoms with Crippen molar-refractivity contribution < 1.29 is 22.7 Å². The van der Waals surface area contributed by atoms with Crippen molar-refractivity contribution in [2.24, 2.45) is 11.7 Å². The third kappa shape index (κ3) is 7.64. The molecule has 0 unspecified atom stereocenters. The molecule has 2 atom stereocenters. The zero-order valence-electron chi connectivity index (χ0n) is 19.5. The molecule has 190 valence electrons. The third-order valence-corrected chi connectivity index (χ3v) is 8.53. The maximum Gasteiger partial charge on any atom is 0.243 e. The van der Waals surface area contributed by atoms with Gasteiger partial charge in [0.25, 0.3) is 0 Å². The summed E-state index contributed by atoms with van der Waals surface area (Å²) in [6.45, 7) is 6.57. The summed E-state index contributed by atoms with van der Waals surface area (Å²) in [5.74, 6) is 0.0266. The van der Waals surface area contributed by atoms with Crippen LogP contribution >= 0.6 is 15.9 Å². The first-order valence-corrected chi connectivity index (χ1v) is 13.8. The van der Waals surface area contributed by atoms with E-state index in [9.17, 15) is 18.0 Å². The molecule has 2 heterocycles. The van der Waals surface area contributed by atoms with Crippen molar-refractivity contribution in [3.63, 3.8) is 0 Å². The number of ether oxygens (including phenoxy) is 1. The van der Waals surface area contributed by atoms with E-state index in [4.69, 9.17) is 10.5 Å². The van der Waals surface area contributed by atoms with Gasteiger partial charge in [-0.15, -0.1) is 0 Å². The number of nitrogens with two attached hydrogens (primary N) is 1. The predicted octanol–water partition coefficient (Wildman–Crippen LogP) is 0.514. The van der Waals surface area contributed by atoms with Crippen LogP contribution in [-0.2, 0) is 19.6 Å². The highest BCUT2D eigenvalue weighted by molar-refractivity contribution is 9.10. The zero-order valence-corrected chi connectivity index (χ0v) is 21.9. The van der Waals surface area contributed by atoms with Crippen molar-refractivity contribution in [2.45, 2.75) is 37.2 Å². The molecule has 0 saturated carbocycles. The first-order valence-electron chi connectivity index (χ1n) is 11.6. The zero-order chi connectivity index (χ0) is 24.7. The van der Waals surface area contributed by atoms with Gasteiger partial charge < -0.3 is 21.1 Å². The number of nitrogens with zero attached hydrogens (tertiary/aromatic N) is 2. The number of carbonyl (C=O) groups excluding carboxylic acids is 2. The Labute approximate surface area is 209 Å². The van der Waals surface area contributed by atoms with Gasteiger partial charge in [0, 0.05) is 58.7 Å². The van der Waals surface area contributed by atoms with Crippen LogP contribution in [0.4, 0.5) is 0 Å². The monoisotopic (exact) mass is 559 g/mol. The van der Waals surface area contributed by atoms with Crippen LogP contribution in [0.1, 0.15) is 26.2 Å². The number of piperazine rings is 1. The number of amides is 2. The number of nitrogens with one attached hydrogen (secondary N) is 2. The highest BCUT2D eigenvalue weighted by Crippen LogP contribution is 2.30. The lowest BCUT2D eigenvalue weighted by molar-refractivity contribution is -0.122. The molecule has 2 saturated heterocycles. The summed E-state index contributed by atoms with van der Waals surface area (Å²) in [4.78, 5) is 25.3. The van der Waals surface area contributed by atoms with Crippen molar-refractivity contribution in [3.8, 4) is 5.75 Å². The fraction of sp³-hybridized carbons (Fsp3) is 0.636. The molecule has 2 amide bonds. The minimum absolute atomic E-state index is 0.0911. The molecule has 0 bridgehead atoms. The third-order valence-electron chi connectivity index (χ3n) is 6.01. The molecule has 0 radical (unpaired) electrons. The van der Waals surface area contributed by atoms with E-state index in [1.165, 1.54) is 4.31 Å². The minimum atomic E-state index is -3.61. The molecule has 1 aromatic carbocycles. The largest absolute Gasteiger partial charge is 0.488 e. The van der Waals surface area contributed by atoms with Crippen molar-refractivity contribution in [1.29, 1.82) is 0 Å². The molecule has 10 nitrogen and oxygen atoms in total. The highest BCUT2D eigenvalue weighted by Gasteiger charge is 2.29. The van der Waals surface area contributed by atoms with Crippen LogP contribution in [0.15, 0.2) is 27.6 Å². The Bertz CT molecular complexity index is 962. The number of rotatable bonds is 11. The summed E-state index contributed by atoms with van der Waals surface area (Å²) in [5.41, 5.74) is 5.16. The van der Waals surface area contributed by atoms with Gasteiger partial charge in [0.2, 0.25) is 21.8 Å². The number of hydrogen-bond donors (Lipinski definition) is 3. The number of hydrogen-bond acceptors (Lipinski definition) is 7. The highest BCUT2D eigenvalue weighted by atomic mass is 79.9. The van der Waals surface area contributed by atoms with Crippen molar-refractivity contribution in [2.75, 3.05) is 52.4 Å². The Morgan fingerprint density at radius 3 is 2.62 bits per heavy atom. The van der Waals surface area contributed by atoms with Gasteiger partial charge in [-0.25, -0.2) is 8.42 Å². The maximum atomic E-state index is 13.1. The summed E-state index contributed by atoms with van der Waals surface area (Å²) in [7, 11) is -3.61. The summed E-state index contributed by atoms with van der Waals surface area (Å²) in [5, 5.41) is 6.10. The molecular weight excluding hydrogens is 526 g/mol. The Morgan fingerprint density at radius 2 is 2.00 bits per heavy atom. The topological polar surface area (TPSA) is 134 Å². The van der Waals surface area contributed by atoms with Crippen LogP contribution in [0.2, 0.25) is 0 Å². The van der Waals surface area contributed by atoms with Crippen molar-refractivity contribution in [3.05, 3.63) is 22.7 Å². The fourth-order valence-corrected chi connectivity index (χ4v) is 6.22. The molecule has 2 aliphatic rings. The normalized spacial score (nSPS) is 20.7. The van der Waals surface area contributed by atoms with E-state index >= 15 is 0 Å². The van der Waals surface area contributed by atoms with E-state index in [-0.39, 0.29) is 35.7 Å². The van der Waals surface area contributed by atoms with Gasteiger partial charge in [-0.3, -0.25) is 14.5 Å². The van der Waals surface area contributed by atoms with E-state index in [0.29, 0.717) is 49.5 Å². The summed E-state index contributed by atoms with van der Waals surface area (Å²) < 4.78 is 34.3. The second-order valence-corrected chi connectivity index (χ2v) is 11.7. The SMILES string of the molecule is C[C@@H](CC(N)=O)CC(=O)NCCN1CCN(S(=O)(=O)c2ccc(O[C@H]3CCNC3)c(Br)c2)CC1. The number of primary amides is 1. The fourth-order valence-electron chi connectivity index (χ4n) is 4.15. The minimum Gasteiger partial charge on any atom is -0.488 e. The van der Waals surface area contributed by atoms with E-state index in [1.54, 1.807) is 18.2 Å². The van der Waals surface area contributed by atoms with Crippen LogP contribution in [0.5, 0.6) is 5.75 Å². The van der Waals surface area contributed by atoms with E-state index < -0.39 is 15.9 Å². The van der Waals surface area contributed by atoms with Crippen LogP contribution < -0.4 is 21.1 Å². The van der Waals surface area contributed by atoms with Gasteiger partial charge in [-0.2, -0.15) is 4.31 Å². The predicted molar refractivity (Wildman–Crippen MR) is 132 cm³/mol. The Balaban J connectivity index is 1.44. The number of benzene rings is 1. The quantitative estimate of drug-likeness (QED) is 0.359. The van der Waals surface area contributed by atoms with Gasteiger partial charge in [0.1, 0.15) is 11.9 Å². The molecule has 0 aromatic heterocycles. The summed E-state index contributed by atoms with van der Waals surface area (Å²) >= 11 is 3.45. The van der Waals surface area contributed by atoms with Crippen LogP contribution in [-0.4, -0.2) is 87.9 Å². The number of carbonyl (C=O) groups is 2.